The van der Waals surface area contributed by atoms with Gasteiger partial charge >= 0.3 is 0 Å². The minimum Gasteiger partial charge on any atom is -0.382 e. The normalized spacial score (nSPS) is 19.7. The van der Waals surface area contributed by atoms with Crippen LogP contribution < -0.4 is 16.8 Å². The van der Waals surface area contributed by atoms with Crippen molar-refractivity contribution in [2.75, 3.05) is 12.3 Å². The van der Waals surface area contributed by atoms with Gasteiger partial charge in [-0.1, -0.05) is 5.16 Å². The summed E-state index contributed by atoms with van der Waals surface area (Å²) in [5, 5.41) is 7.87. The highest BCUT2D eigenvalue weighted by molar-refractivity contribution is 7.13. The molecule has 1 aliphatic rings. The third kappa shape index (κ3) is 2.56. The molecule has 2 rings (SSSR count). The molecule has 0 aliphatic carbocycles. The molecule has 2 amide bonds. The van der Waals surface area contributed by atoms with E-state index >= 15 is 0 Å². The van der Waals surface area contributed by atoms with Gasteiger partial charge in [0.15, 0.2) is 10.8 Å². The Morgan fingerprint density at radius 2 is 2.50 bits per heavy atom. The van der Waals surface area contributed by atoms with E-state index in [9.17, 15) is 9.59 Å². The molecule has 1 saturated heterocycles. The molecule has 1 atom stereocenters. The summed E-state index contributed by atoms with van der Waals surface area (Å²) in [5.74, 6) is -1.33. The number of aromatic nitrogens is 1. The lowest BCUT2D eigenvalue weighted by molar-refractivity contribution is -0.129. The number of amides is 2. The molecular formula is C9H10N5O3S. The first kappa shape index (κ1) is 12.3. The van der Waals surface area contributed by atoms with Crippen LogP contribution in [0.25, 0.3) is 0 Å². The molecule has 95 valence electrons. The summed E-state index contributed by atoms with van der Waals surface area (Å²) in [6.07, 6.45) is -0.253. The number of carbonyl (C=O) groups excluding carboxylic acids is 2. The van der Waals surface area contributed by atoms with E-state index in [-0.39, 0.29) is 22.4 Å². The van der Waals surface area contributed by atoms with Crippen LogP contribution in [0.3, 0.4) is 0 Å². The number of anilines is 1. The van der Waals surface area contributed by atoms with Crippen LogP contribution in [0.1, 0.15) is 12.1 Å². The second-order valence-electron chi connectivity index (χ2n) is 3.51. The monoisotopic (exact) mass is 268 g/mol. The molecule has 9 heteroatoms. The highest BCUT2D eigenvalue weighted by atomic mass is 32.1. The number of carbonyl (C=O) groups is 2. The van der Waals surface area contributed by atoms with Crippen LogP contribution in [0.15, 0.2) is 10.5 Å². The fraction of sp³-hybridized carbons (Fsp3) is 0.333. The number of nitrogens with zero attached hydrogens (tertiary/aromatic N) is 2. The molecule has 1 aromatic rings. The number of hydrogen-bond donors (Lipinski definition) is 2. The van der Waals surface area contributed by atoms with Gasteiger partial charge in [-0.05, 0) is 0 Å². The minimum atomic E-state index is -1.04. The quantitative estimate of drug-likeness (QED) is 0.542. The maximum Gasteiger partial charge on any atom is 0.294 e. The Labute approximate surface area is 106 Å². The van der Waals surface area contributed by atoms with Gasteiger partial charge in [0.25, 0.3) is 11.8 Å². The molecule has 18 heavy (non-hydrogen) atoms. The summed E-state index contributed by atoms with van der Waals surface area (Å²) in [5.41, 5.74) is 12.4. The van der Waals surface area contributed by atoms with E-state index in [1.54, 1.807) is 0 Å². The van der Waals surface area contributed by atoms with Crippen LogP contribution in [0.4, 0.5) is 5.13 Å². The second-order valence-corrected chi connectivity index (χ2v) is 4.40. The summed E-state index contributed by atoms with van der Waals surface area (Å²) in [6.45, 7) is 0.507. The Morgan fingerprint density at radius 3 is 3.00 bits per heavy atom. The van der Waals surface area contributed by atoms with Gasteiger partial charge in [-0.15, -0.1) is 11.3 Å². The van der Waals surface area contributed by atoms with E-state index in [1.165, 1.54) is 5.38 Å². The summed E-state index contributed by atoms with van der Waals surface area (Å²) >= 11 is 1.12. The Kier molecular flexibility index (Phi) is 3.42. The number of rotatable bonds is 4. The second kappa shape index (κ2) is 5.00. The average molecular weight is 268 g/mol. The molecule has 1 fully saturated rings. The molecule has 1 radical (unpaired) electrons. The van der Waals surface area contributed by atoms with Gasteiger partial charge in [-0.25, -0.2) is 4.98 Å². The number of thiazole rings is 1. The first-order valence-electron chi connectivity index (χ1n) is 5.06. The van der Waals surface area contributed by atoms with Crippen molar-refractivity contribution in [1.82, 2.24) is 16.0 Å². The minimum absolute atomic E-state index is 0.177. The molecular weight excluding hydrogens is 258 g/mol. The molecule has 1 aromatic heterocycles. The molecule has 8 nitrogen and oxygen atoms in total. The third-order valence-electron chi connectivity index (χ3n) is 2.25. The fourth-order valence-corrected chi connectivity index (χ4v) is 1.94. The Bertz CT molecular complexity index is 512. The zero-order chi connectivity index (χ0) is 13.1. The number of oxime groups is 1. The van der Waals surface area contributed by atoms with Crippen LogP contribution in [0.2, 0.25) is 0 Å². The van der Waals surface area contributed by atoms with Gasteiger partial charge in [-0.2, -0.15) is 0 Å². The smallest absolute Gasteiger partial charge is 0.294 e. The van der Waals surface area contributed by atoms with Crippen molar-refractivity contribution in [1.29, 1.82) is 0 Å². The third-order valence-corrected chi connectivity index (χ3v) is 2.92. The largest absolute Gasteiger partial charge is 0.382 e. The Morgan fingerprint density at radius 1 is 1.72 bits per heavy atom. The van der Waals surface area contributed by atoms with E-state index in [1.807, 2.05) is 0 Å². The molecule has 0 spiro atoms. The standard InChI is InChI=1S/C9H10N5O3S/c10-7(15)6(4-3-18-9(11)13-4)14-17-5-1-2-12-8(5)16/h3,5,10H,1-2H2,(H2,11,13)(H,12,16). The van der Waals surface area contributed by atoms with Crippen molar-refractivity contribution in [3.05, 3.63) is 11.1 Å². The highest BCUT2D eigenvalue weighted by Crippen LogP contribution is 2.13. The zero-order valence-electron chi connectivity index (χ0n) is 9.17. The first-order chi connectivity index (χ1) is 8.58. The average Bonchev–Trinajstić information content (AvgIpc) is 2.89. The topological polar surface area (TPSA) is 130 Å². The van der Waals surface area contributed by atoms with Gasteiger partial charge in [-0.3, -0.25) is 15.3 Å². The van der Waals surface area contributed by atoms with E-state index in [2.05, 4.69) is 15.5 Å². The number of hydrogen-bond acceptors (Lipinski definition) is 7. The lowest BCUT2D eigenvalue weighted by Gasteiger charge is -2.05. The van der Waals surface area contributed by atoms with Crippen LogP contribution in [0, 0.1) is 0 Å². The number of nitrogens with two attached hydrogens (primary N) is 1. The molecule has 2 heterocycles. The van der Waals surface area contributed by atoms with Crippen LogP contribution in [-0.2, 0) is 14.4 Å². The van der Waals surface area contributed by atoms with Gasteiger partial charge in [0.05, 0.1) is 0 Å². The SMILES string of the molecule is [NH]C(=O)C(=NOC1CCNC1=O)c1csc(N)n1. The van der Waals surface area contributed by atoms with E-state index in [0.717, 1.165) is 11.3 Å². The Hall–Kier alpha value is -2.16. The summed E-state index contributed by atoms with van der Waals surface area (Å²) < 4.78 is 0. The predicted molar refractivity (Wildman–Crippen MR) is 63.7 cm³/mol. The maximum absolute atomic E-state index is 11.2. The van der Waals surface area contributed by atoms with Gasteiger partial charge in [0.1, 0.15) is 5.69 Å². The lowest BCUT2D eigenvalue weighted by atomic mass is 10.3. The molecule has 1 aliphatic heterocycles. The molecule has 0 saturated carbocycles. The van der Waals surface area contributed by atoms with Crippen LogP contribution in [-0.4, -0.2) is 35.2 Å². The fourth-order valence-electron chi connectivity index (χ4n) is 1.39. The predicted octanol–water partition coefficient (Wildman–Crippen LogP) is -0.856. The van der Waals surface area contributed by atoms with Crippen molar-refractivity contribution in [2.24, 2.45) is 5.16 Å². The first-order valence-corrected chi connectivity index (χ1v) is 5.94. The zero-order valence-corrected chi connectivity index (χ0v) is 9.99. The van der Waals surface area contributed by atoms with Crippen molar-refractivity contribution in [3.63, 3.8) is 0 Å². The maximum atomic E-state index is 11.2. The lowest BCUT2D eigenvalue weighted by Crippen LogP contribution is -2.25. The molecule has 1 unspecified atom stereocenters. The van der Waals surface area contributed by atoms with Crippen molar-refractivity contribution in [2.45, 2.75) is 12.5 Å². The summed E-state index contributed by atoms with van der Waals surface area (Å²) in [4.78, 5) is 31.1. The molecule has 0 bridgehead atoms. The van der Waals surface area contributed by atoms with Crippen molar-refractivity contribution >= 4 is 34.0 Å². The van der Waals surface area contributed by atoms with E-state index in [0.29, 0.717) is 13.0 Å². The molecule has 4 N–H and O–H groups in total. The Balaban J connectivity index is 2.15. The summed E-state index contributed by atoms with van der Waals surface area (Å²) in [7, 11) is 0. The van der Waals surface area contributed by atoms with Gasteiger partial charge in [0.2, 0.25) is 6.10 Å². The summed E-state index contributed by atoms with van der Waals surface area (Å²) in [6, 6.07) is 0. The van der Waals surface area contributed by atoms with Crippen LogP contribution in [0.5, 0.6) is 0 Å². The van der Waals surface area contributed by atoms with Crippen molar-refractivity contribution in [3.8, 4) is 0 Å². The highest BCUT2D eigenvalue weighted by Gasteiger charge is 2.27. The van der Waals surface area contributed by atoms with Gasteiger partial charge < -0.3 is 15.9 Å². The number of nitrogens with one attached hydrogen (secondary N) is 2. The number of nitrogen functional groups attached to an aromatic ring is 1. The van der Waals surface area contributed by atoms with Crippen molar-refractivity contribution < 1.29 is 14.4 Å². The van der Waals surface area contributed by atoms with Crippen LogP contribution >= 0.6 is 11.3 Å². The van der Waals surface area contributed by atoms with E-state index in [4.69, 9.17) is 16.3 Å². The van der Waals surface area contributed by atoms with Gasteiger partial charge in [0, 0.05) is 18.3 Å². The molecule has 0 aromatic carbocycles. The van der Waals surface area contributed by atoms with E-state index < -0.39 is 12.0 Å².